The van der Waals surface area contributed by atoms with E-state index in [1.165, 1.54) is 0 Å². The molecule has 0 radical (unpaired) electrons. The van der Waals surface area contributed by atoms with Crippen molar-refractivity contribution in [1.82, 2.24) is 10.2 Å². The molecule has 2 N–H and O–H groups in total. The van der Waals surface area contributed by atoms with Crippen molar-refractivity contribution in [2.75, 3.05) is 31.5 Å². The van der Waals surface area contributed by atoms with E-state index >= 15 is 0 Å². The number of anilines is 1. The Bertz CT molecular complexity index is 503. The summed E-state index contributed by atoms with van der Waals surface area (Å²) < 4.78 is 0. The van der Waals surface area contributed by atoms with Crippen molar-refractivity contribution >= 4 is 11.6 Å². The summed E-state index contributed by atoms with van der Waals surface area (Å²) in [6.07, 6.45) is 1.09. The highest BCUT2D eigenvalue weighted by molar-refractivity contribution is 5.92. The third-order valence-electron chi connectivity index (χ3n) is 3.58. The molecule has 1 fully saturated rings. The molecule has 0 aromatic heterocycles. The van der Waals surface area contributed by atoms with Crippen molar-refractivity contribution in [3.05, 3.63) is 29.8 Å². The van der Waals surface area contributed by atoms with Crippen LogP contribution >= 0.6 is 0 Å². The number of amides is 1. The van der Waals surface area contributed by atoms with Crippen LogP contribution in [0.5, 0.6) is 0 Å². The van der Waals surface area contributed by atoms with Crippen LogP contribution in [0.1, 0.15) is 18.9 Å². The third kappa shape index (κ3) is 3.80. The van der Waals surface area contributed by atoms with Gasteiger partial charge in [0.1, 0.15) is 0 Å². The fourth-order valence-corrected chi connectivity index (χ4v) is 2.50. The average molecular weight is 272 g/mol. The van der Waals surface area contributed by atoms with Gasteiger partial charge in [-0.05, 0) is 37.7 Å². The van der Waals surface area contributed by atoms with Crippen LogP contribution in [0.15, 0.2) is 24.3 Å². The van der Waals surface area contributed by atoms with E-state index in [4.69, 9.17) is 5.26 Å². The van der Waals surface area contributed by atoms with Gasteiger partial charge in [-0.1, -0.05) is 13.0 Å². The molecule has 1 amide bonds. The highest BCUT2D eigenvalue weighted by Crippen LogP contribution is 2.11. The van der Waals surface area contributed by atoms with E-state index in [0.29, 0.717) is 23.8 Å². The second kappa shape index (κ2) is 7.04. The monoisotopic (exact) mass is 272 g/mol. The van der Waals surface area contributed by atoms with Crippen molar-refractivity contribution in [2.45, 2.75) is 19.4 Å². The molecular formula is C15H20N4O. The summed E-state index contributed by atoms with van der Waals surface area (Å²) in [5, 5.41) is 15.0. The van der Waals surface area contributed by atoms with Gasteiger partial charge in [-0.2, -0.15) is 5.26 Å². The van der Waals surface area contributed by atoms with E-state index in [-0.39, 0.29) is 5.91 Å². The van der Waals surface area contributed by atoms with Gasteiger partial charge in [0.2, 0.25) is 5.91 Å². The van der Waals surface area contributed by atoms with Crippen LogP contribution in [0.3, 0.4) is 0 Å². The van der Waals surface area contributed by atoms with Gasteiger partial charge in [-0.15, -0.1) is 0 Å². The lowest BCUT2D eigenvalue weighted by Gasteiger charge is -2.26. The lowest BCUT2D eigenvalue weighted by atomic mass is 10.2. The molecule has 0 spiro atoms. The first-order valence-electron chi connectivity index (χ1n) is 6.97. The van der Waals surface area contributed by atoms with Crippen LogP contribution < -0.4 is 10.6 Å². The smallest absolute Gasteiger partial charge is 0.238 e. The van der Waals surface area contributed by atoms with E-state index < -0.39 is 0 Å². The fourth-order valence-electron chi connectivity index (χ4n) is 2.50. The zero-order valence-electron chi connectivity index (χ0n) is 11.7. The Balaban J connectivity index is 1.92. The number of carbonyl (C=O) groups excluding carboxylic acids is 1. The van der Waals surface area contributed by atoms with Crippen LogP contribution in [-0.4, -0.2) is 43.0 Å². The molecule has 1 aromatic carbocycles. The molecule has 2 rings (SSSR count). The molecule has 106 valence electrons. The van der Waals surface area contributed by atoms with Crippen molar-refractivity contribution in [3.63, 3.8) is 0 Å². The van der Waals surface area contributed by atoms with Gasteiger partial charge >= 0.3 is 0 Å². The zero-order valence-corrected chi connectivity index (χ0v) is 11.7. The predicted octanol–water partition coefficient (Wildman–Crippen LogP) is 1.18. The average Bonchev–Trinajstić information content (AvgIpc) is 2.99. The Morgan fingerprint density at radius 2 is 2.45 bits per heavy atom. The summed E-state index contributed by atoms with van der Waals surface area (Å²) >= 11 is 0. The van der Waals surface area contributed by atoms with Crippen LogP contribution in [0.2, 0.25) is 0 Å². The molecule has 1 saturated heterocycles. The van der Waals surface area contributed by atoms with Crippen molar-refractivity contribution in [3.8, 4) is 6.07 Å². The minimum absolute atomic E-state index is 0.0335. The van der Waals surface area contributed by atoms with Crippen molar-refractivity contribution < 1.29 is 4.79 Å². The van der Waals surface area contributed by atoms with Crippen molar-refractivity contribution in [2.24, 2.45) is 0 Å². The minimum atomic E-state index is -0.0335. The summed E-state index contributed by atoms with van der Waals surface area (Å²) in [7, 11) is 0. The first-order chi connectivity index (χ1) is 9.72. The van der Waals surface area contributed by atoms with Crippen molar-refractivity contribution in [1.29, 1.82) is 5.26 Å². The molecule has 1 aliphatic heterocycles. The number of benzene rings is 1. The first kappa shape index (κ1) is 14.5. The molecule has 1 unspecified atom stereocenters. The highest BCUT2D eigenvalue weighted by atomic mass is 16.2. The predicted molar refractivity (Wildman–Crippen MR) is 78.3 cm³/mol. The van der Waals surface area contributed by atoms with Gasteiger partial charge in [0, 0.05) is 18.3 Å². The van der Waals surface area contributed by atoms with Gasteiger partial charge < -0.3 is 10.6 Å². The van der Waals surface area contributed by atoms with E-state index in [1.54, 1.807) is 24.3 Å². The number of nitrogens with zero attached hydrogens (tertiary/aromatic N) is 2. The maximum atomic E-state index is 12.1. The number of nitrogens with one attached hydrogen (secondary N) is 2. The Hall–Kier alpha value is -1.90. The van der Waals surface area contributed by atoms with Gasteiger partial charge in [0.15, 0.2) is 0 Å². The molecule has 20 heavy (non-hydrogen) atoms. The number of hydrogen-bond donors (Lipinski definition) is 2. The van der Waals surface area contributed by atoms with Crippen LogP contribution in [0, 0.1) is 11.3 Å². The van der Waals surface area contributed by atoms with Gasteiger partial charge in [-0.25, -0.2) is 0 Å². The fraction of sp³-hybridized carbons (Fsp3) is 0.467. The van der Waals surface area contributed by atoms with E-state index in [9.17, 15) is 4.79 Å². The number of carbonyl (C=O) groups is 1. The SMILES string of the molecule is CCN(CC(=O)Nc1cccc(C#N)c1)C1CCNC1. The molecule has 5 heteroatoms. The molecule has 1 atom stereocenters. The molecule has 0 saturated carbocycles. The largest absolute Gasteiger partial charge is 0.325 e. The lowest BCUT2D eigenvalue weighted by molar-refractivity contribution is -0.117. The van der Waals surface area contributed by atoms with Gasteiger partial charge in [0.25, 0.3) is 0 Å². The highest BCUT2D eigenvalue weighted by Gasteiger charge is 2.22. The Morgan fingerprint density at radius 3 is 3.10 bits per heavy atom. The van der Waals surface area contributed by atoms with Crippen LogP contribution in [-0.2, 0) is 4.79 Å². The summed E-state index contributed by atoms with van der Waals surface area (Å²) in [5.41, 5.74) is 1.23. The van der Waals surface area contributed by atoms with E-state index in [2.05, 4.69) is 28.5 Å². The van der Waals surface area contributed by atoms with Crippen LogP contribution in [0.4, 0.5) is 5.69 Å². The summed E-state index contributed by atoms with van der Waals surface area (Å²) in [6, 6.07) is 9.48. The van der Waals surface area contributed by atoms with E-state index in [0.717, 1.165) is 26.1 Å². The van der Waals surface area contributed by atoms with Gasteiger partial charge in [-0.3, -0.25) is 9.69 Å². The molecule has 0 aliphatic carbocycles. The van der Waals surface area contributed by atoms with Gasteiger partial charge in [0.05, 0.1) is 18.2 Å². The Morgan fingerprint density at radius 1 is 1.60 bits per heavy atom. The minimum Gasteiger partial charge on any atom is -0.325 e. The Labute approximate surface area is 119 Å². The number of likely N-dealkylation sites (N-methyl/N-ethyl adjacent to an activating group) is 1. The summed E-state index contributed by atoms with van der Waals surface area (Å²) in [6.45, 7) is 5.29. The number of nitriles is 1. The maximum absolute atomic E-state index is 12.1. The maximum Gasteiger partial charge on any atom is 0.238 e. The number of rotatable bonds is 5. The standard InChI is InChI=1S/C15H20N4O/c1-2-19(14-6-7-17-10-14)11-15(20)18-13-5-3-4-12(8-13)9-16/h3-5,8,14,17H,2,6-7,10-11H2,1H3,(H,18,20). The second-order valence-corrected chi connectivity index (χ2v) is 4.95. The summed E-state index contributed by atoms with van der Waals surface area (Å²) in [5.74, 6) is -0.0335. The van der Waals surface area contributed by atoms with Crippen LogP contribution in [0.25, 0.3) is 0 Å². The molecule has 5 nitrogen and oxygen atoms in total. The van der Waals surface area contributed by atoms with E-state index in [1.807, 2.05) is 0 Å². The first-order valence-corrected chi connectivity index (χ1v) is 6.97. The third-order valence-corrected chi connectivity index (χ3v) is 3.58. The molecule has 1 aliphatic rings. The zero-order chi connectivity index (χ0) is 14.4. The second-order valence-electron chi connectivity index (χ2n) is 4.95. The Kier molecular flexibility index (Phi) is 5.10. The topological polar surface area (TPSA) is 68.2 Å². The number of hydrogen-bond acceptors (Lipinski definition) is 4. The quantitative estimate of drug-likeness (QED) is 0.844. The molecule has 1 aromatic rings. The lowest BCUT2D eigenvalue weighted by Crippen LogP contribution is -2.41. The normalized spacial score (nSPS) is 17.9. The summed E-state index contributed by atoms with van der Waals surface area (Å²) in [4.78, 5) is 14.3. The molecule has 1 heterocycles. The molecule has 0 bridgehead atoms. The molecular weight excluding hydrogens is 252 g/mol.